The fraction of sp³-hybridized carbons (Fsp3) is 0.353. The van der Waals surface area contributed by atoms with Crippen molar-refractivity contribution in [1.29, 1.82) is 0 Å². The Morgan fingerprint density at radius 3 is 2.88 bits per heavy atom. The van der Waals surface area contributed by atoms with Crippen molar-refractivity contribution < 1.29 is 13.3 Å². The zero-order chi connectivity index (χ0) is 17.4. The zero-order valence-electron chi connectivity index (χ0n) is 13.7. The van der Waals surface area contributed by atoms with Crippen LogP contribution < -0.4 is 0 Å². The van der Waals surface area contributed by atoms with Gasteiger partial charge < -0.3 is 9.09 Å². The molecule has 0 spiro atoms. The first-order valence-corrected chi connectivity index (χ1v) is 8.08. The van der Waals surface area contributed by atoms with Crippen molar-refractivity contribution in [2.45, 2.75) is 33.0 Å². The molecule has 8 heteroatoms. The summed E-state index contributed by atoms with van der Waals surface area (Å²) in [7, 11) is 0. The van der Waals surface area contributed by atoms with E-state index < -0.39 is 11.6 Å². The molecule has 0 aliphatic carbocycles. The fourth-order valence-corrected chi connectivity index (χ4v) is 3.06. The fourth-order valence-electron chi connectivity index (χ4n) is 3.06. The van der Waals surface area contributed by atoms with Crippen LogP contribution in [0.15, 0.2) is 29.0 Å². The minimum absolute atomic E-state index is 0.221. The number of hydrogen-bond acceptors (Lipinski definition) is 5. The summed E-state index contributed by atoms with van der Waals surface area (Å²) in [6, 6.07) is 4.19. The molecule has 0 bridgehead atoms. The predicted molar refractivity (Wildman–Crippen MR) is 84.5 cm³/mol. The minimum atomic E-state index is -0.843. The number of halogens is 2. The van der Waals surface area contributed by atoms with Crippen LogP contribution >= 0.6 is 0 Å². The van der Waals surface area contributed by atoms with Gasteiger partial charge in [0.2, 0.25) is 0 Å². The van der Waals surface area contributed by atoms with Crippen LogP contribution in [0.3, 0.4) is 0 Å². The third-order valence-corrected chi connectivity index (χ3v) is 4.51. The van der Waals surface area contributed by atoms with Crippen molar-refractivity contribution in [2.75, 3.05) is 6.54 Å². The van der Waals surface area contributed by atoms with E-state index in [2.05, 4.69) is 20.3 Å². The molecule has 6 nitrogen and oxygen atoms in total. The quantitative estimate of drug-likeness (QED) is 0.727. The molecule has 0 radical (unpaired) electrons. The smallest absolute Gasteiger partial charge is 0.162 e. The lowest BCUT2D eigenvalue weighted by Crippen LogP contribution is -2.34. The molecule has 1 aliphatic heterocycles. The number of rotatable bonds is 4. The lowest BCUT2D eigenvalue weighted by Gasteiger charge is -2.27. The van der Waals surface area contributed by atoms with E-state index in [9.17, 15) is 8.78 Å². The predicted octanol–water partition coefficient (Wildman–Crippen LogP) is 2.46. The van der Waals surface area contributed by atoms with Gasteiger partial charge in [-0.15, -0.1) is 10.2 Å². The van der Waals surface area contributed by atoms with Gasteiger partial charge in [-0.2, -0.15) is 0 Å². The van der Waals surface area contributed by atoms with E-state index in [0.717, 1.165) is 29.7 Å². The number of fused-ring (bicyclic) bond motifs is 1. The highest BCUT2D eigenvalue weighted by Crippen LogP contribution is 2.19. The van der Waals surface area contributed by atoms with Crippen LogP contribution in [-0.4, -0.2) is 31.4 Å². The zero-order valence-corrected chi connectivity index (χ0v) is 13.7. The highest BCUT2D eigenvalue weighted by molar-refractivity contribution is 5.23. The molecule has 0 saturated heterocycles. The van der Waals surface area contributed by atoms with Gasteiger partial charge in [-0.05, 0) is 18.6 Å². The number of benzene rings is 1. The van der Waals surface area contributed by atoms with Crippen LogP contribution in [0.1, 0.15) is 28.5 Å². The molecule has 1 aliphatic rings. The Hall–Kier alpha value is -2.61. The first-order valence-electron chi connectivity index (χ1n) is 8.08. The second kappa shape index (κ2) is 6.36. The van der Waals surface area contributed by atoms with Crippen molar-refractivity contribution in [3.63, 3.8) is 0 Å². The number of aromatic nitrogens is 4. The van der Waals surface area contributed by atoms with Crippen LogP contribution in [-0.2, 0) is 26.1 Å². The van der Waals surface area contributed by atoms with E-state index >= 15 is 0 Å². The Balaban J connectivity index is 1.50. The molecule has 3 aromatic rings. The summed E-state index contributed by atoms with van der Waals surface area (Å²) >= 11 is 0. The molecule has 0 unspecified atom stereocenters. The third-order valence-electron chi connectivity index (χ3n) is 4.51. The summed E-state index contributed by atoms with van der Waals surface area (Å²) in [5.41, 5.74) is 2.22. The summed E-state index contributed by atoms with van der Waals surface area (Å²) in [4.78, 5) is 2.21. The van der Waals surface area contributed by atoms with Crippen LogP contribution in [0.4, 0.5) is 8.78 Å². The van der Waals surface area contributed by atoms with E-state index in [-0.39, 0.29) is 12.0 Å². The molecular formula is C17H17F2N5O. The average molecular weight is 345 g/mol. The normalized spacial score (nSPS) is 14.7. The lowest BCUT2D eigenvalue weighted by atomic mass is 10.1. The van der Waals surface area contributed by atoms with Crippen LogP contribution in [0, 0.1) is 18.6 Å². The first-order chi connectivity index (χ1) is 12.1. The Morgan fingerprint density at radius 2 is 2.08 bits per heavy atom. The topological polar surface area (TPSA) is 60.0 Å². The maximum Gasteiger partial charge on any atom is 0.162 e. The van der Waals surface area contributed by atoms with Crippen molar-refractivity contribution >= 4 is 0 Å². The molecule has 2 aromatic heterocycles. The number of aryl methyl sites for hydroxylation is 1. The molecule has 0 saturated carbocycles. The summed E-state index contributed by atoms with van der Waals surface area (Å²) in [5, 5.41) is 12.4. The Kier molecular flexibility index (Phi) is 4.04. The van der Waals surface area contributed by atoms with Gasteiger partial charge in [0.1, 0.15) is 23.6 Å². The molecule has 0 fully saturated rings. The van der Waals surface area contributed by atoms with Gasteiger partial charge in [-0.3, -0.25) is 4.90 Å². The summed E-state index contributed by atoms with van der Waals surface area (Å²) in [5.74, 6) is -0.195. The lowest BCUT2D eigenvalue weighted by molar-refractivity contribution is 0.201. The molecule has 0 atom stereocenters. The van der Waals surface area contributed by atoms with Gasteiger partial charge in [0.15, 0.2) is 11.6 Å². The highest BCUT2D eigenvalue weighted by atomic mass is 19.2. The molecule has 3 heterocycles. The monoisotopic (exact) mass is 345 g/mol. The number of nitrogens with zero attached hydrogens (tertiary/aromatic N) is 5. The summed E-state index contributed by atoms with van der Waals surface area (Å²) < 4.78 is 34.2. The van der Waals surface area contributed by atoms with Crippen LogP contribution in [0.5, 0.6) is 0 Å². The van der Waals surface area contributed by atoms with Crippen molar-refractivity contribution in [3.8, 4) is 0 Å². The SMILES string of the molecule is Cc1conc1CN1CCn2c(Cc3cccc(F)c3F)nnc2C1. The van der Waals surface area contributed by atoms with Crippen molar-refractivity contribution in [3.05, 3.63) is 64.6 Å². The summed E-state index contributed by atoms with van der Waals surface area (Å²) in [6.45, 7) is 4.78. The Labute approximate surface area is 143 Å². The van der Waals surface area contributed by atoms with Crippen LogP contribution in [0.2, 0.25) is 0 Å². The molecule has 130 valence electrons. The molecular weight excluding hydrogens is 328 g/mol. The maximum absolute atomic E-state index is 13.9. The second-order valence-electron chi connectivity index (χ2n) is 6.23. The minimum Gasteiger partial charge on any atom is -0.364 e. The van der Waals surface area contributed by atoms with Gasteiger partial charge in [-0.25, -0.2) is 8.78 Å². The molecule has 4 rings (SSSR count). The standard InChI is InChI=1S/C17H17F2N5O/c1-11-10-25-22-14(11)8-23-5-6-24-15(20-21-16(24)9-23)7-12-3-2-4-13(18)17(12)19/h2-4,10H,5-9H2,1H3. The molecule has 1 aromatic carbocycles. The Bertz CT molecular complexity index is 904. The largest absolute Gasteiger partial charge is 0.364 e. The Morgan fingerprint density at radius 1 is 1.20 bits per heavy atom. The van der Waals surface area contributed by atoms with Crippen molar-refractivity contribution in [2.24, 2.45) is 0 Å². The van der Waals surface area contributed by atoms with Gasteiger partial charge in [-0.1, -0.05) is 17.3 Å². The second-order valence-corrected chi connectivity index (χ2v) is 6.23. The third kappa shape index (κ3) is 3.05. The summed E-state index contributed by atoms with van der Waals surface area (Å²) in [6.07, 6.45) is 1.85. The average Bonchev–Trinajstić information content (AvgIpc) is 3.18. The first kappa shape index (κ1) is 15.9. The van der Waals surface area contributed by atoms with Gasteiger partial charge in [0.05, 0.1) is 6.54 Å². The van der Waals surface area contributed by atoms with E-state index in [1.54, 1.807) is 12.3 Å². The van der Waals surface area contributed by atoms with Crippen molar-refractivity contribution in [1.82, 2.24) is 24.8 Å². The molecule has 0 N–H and O–H groups in total. The van der Waals surface area contributed by atoms with E-state index in [4.69, 9.17) is 4.52 Å². The van der Waals surface area contributed by atoms with E-state index in [1.807, 2.05) is 11.5 Å². The number of hydrogen-bond donors (Lipinski definition) is 0. The maximum atomic E-state index is 13.9. The van der Waals surface area contributed by atoms with E-state index in [1.165, 1.54) is 6.07 Å². The van der Waals surface area contributed by atoms with Gasteiger partial charge >= 0.3 is 0 Å². The van der Waals surface area contributed by atoms with Gasteiger partial charge in [0, 0.05) is 31.6 Å². The van der Waals surface area contributed by atoms with E-state index in [0.29, 0.717) is 25.5 Å². The molecule has 25 heavy (non-hydrogen) atoms. The highest BCUT2D eigenvalue weighted by Gasteiger charge is 2.23. The van der Waals surface area contributed by atoms with Crippen LogP contribution in [0.25, 0.3) is 0 Å². The molecule has 0 amide bonds. The van der Waals surface area contributed by atoms with Gasteiger partial charge in [0.25, 0.3) is 0 Å².